The van der Waals surface area contributed by atoms with Gasteiger partial charge in [0.1, 0.15) is 0 Å². The number of carbonyl (C=O) groups excluding carboxylic acids is 2. The largest absolute Gasteiger partial charge is 0.493 e. The zero-order chi connectivity index (χ0) is 16.6. The molecular formula is C16H18N4O3. The zero-order valence-corrected chi connectivity index (χ0v) is 13.0. The van der Waals surface area contributed by atoms with Crippen LogP contribution in [0.15, 0.2) is 28.4 Å². The number of hydrogen-bond donors (Lipinski definition) is 3. The monoisotopic (exact) mass is 314 g/mol. The Hall–Kier alpha value is -2.70. The summed E-state index contributed by atoms with van der Waals surface area (Å²) >= 11 is 0. The second kappa shape index (κ2) is 5.83. The SMILES string of the molecule is CC(C)c1ccc2[nH]c(O)c(N=NC(=O)C(=O)NC3CC3)c2c1. The fraction of sp³-hybridized carbons (Fsp3) is 0.375. The van der Waals surface area contributed by atoms with Crippen LogP contribution in [0.25, 0.3) is 10.9 Å². The summed E-state index contributed by atoms with van der Waals surface area (Å²) in [6.45, 7) is 4.11. The van der Waals surface area contributed by atoms with Crippen molar-refractivity contribution in [1.82, 2.24) is 10.3 Å². The third-order valence-electron chi connectivity index (χ3n) is 3.79. The second-order valence-corrected chi connectivity index (χ2v) is 6.03. The van der Waals surface area contributed by atoms with Crippen LogP contribution in [0.4, 0.5) is 5.69 Å². The first-order chi connectivity index (χ1) is 11.0. The summed E-state index contributed by atoms with van der Waals surface area (Å²) in [6.07, 6.45) is 1.77. The van der Waals surface area contributed by atoms with E-state index in [1.54, 1.807) is 0 Å². The molecule has 0 saturated heterocycles. The van der Waals surface area contributed by atoms with Crippen LogP contribution in [-0.2, 0) is 9.59 Å². The summed E-state index contributed by atoms with van der Waals surface area (Å²) in [4.78, 5) is 26.0. The van der Waals surface area contributed by atoms with Crippen molar-refractivity contribution in [3.8, 4) is 5.88 Å². The molecule has 0 unspecified atom stereocenters. The maximum Gasteiger partial charge on any atom is 0.353 e. The van der Waals surface area contributed by atoms with E-state index in [-0.39, 0.29) is 17.6 Å². The van der Waals surface area contributed by atoms with E-state index in [9.17, 15) is 14.7 Å². The van der Waals surface area contributed by atoms with Crippen molar-refractivity contribution in [2.45, 2.75) is 38.6 Å². The lowest BCUT2D eigenvalue weighted by molar-refractivity contribution is -0.137. The van der Waals surface area contributed by atoms with Crippen LogP contribution in [0.5, 0.6) is 5.88 Å². The van der Waals surface area contributed by atoms with Crippen molar-refractivity contribution in [3.63, 3.8) is 0 Å². The van der Waals surface area contributed by atoms with Crippen LogP contribution in [0.2, 0.25) is 0 Å². The summed E-state index contributed by atoms with van der Waals surface area (Å²) in [5.74, 6) is -1.60. The molecule has 0 atom stereocenters. The van der Waals surface area contributed by atoms with Gasteiger partial charge >= 0.3 is 11.8 Å². The number of nitrogens with one attached hydrogen (secondary N) is 2. The first-order valence-corrected chi connectivity index (χ1v) is 7.57. The van der Waals surface area contributed by atoms with Gasteiger partial charge in [0, 0.05) is 11.4 Å². The third kappa shape index (κ3) is 3.23. The van der Waals surface area contributed by atoms with Crippen molar-refractivity contribution in [2.24, 2.45) is 10.2 Å². The number of fused-ring (bicyclic) bond motifs is 1. The Kier molecular flexibility index (Phi) is 3.85. The number of nitrogens with zero attached hydrogens (tertiary/aromatic N) is 2. The maximum atomic E-state index is 11.7. The topological polar surface area (TPSA) is 107 Å². The van der Waals surface area contributed by atoms with Crippen molar-refractivity contribution in [3.05, 3.63) is 23.8 Å². The maximum absolute atomic E-state index is 11.7. The van der Waals surface area contributed by atoms with Crippen molar-refractivity contribution < 1.29 is 14.7 Å². The minimum absolute atomic E-state index is 0.0803. The summed E-state index contributed by atoms with van der Waals surface area (Å²) in [5.41, 5.74) is 1.93. The number of carbonyl (C=O) groups is 2. The van der Waals surface area contributed by atoms with Gasteiger partial charge in [0.25, 0.3) is 0 Å². The van der Waals surface area contributed by atoms with Gasteiger partial charge in [0.2, 0.25) is 5.88 Å². The molecule has 1 saturated carbocycles. The van der Waals surface area contributed by atoms with E-state index in [1.165, 1.54) is 0 Å². The minimum atomic E-state index is -0.967. The lowest BCUT2D eigenvalue weighted by Crippen LogP contribution is -2.31. The smallest absolute Gasteiger partial charge is 0.353 e. The summed E-state index contributed by atoms with van der Waals surface area (Å²) in [7, 11) is 0. The molecule has 0 spiro atoms. The molecule has 3 N–H and O–H groups in total. The lowest BCUT2D eigenvalue weighted by Gasteiger charge is -2.04. The van der Waals surface area contributed by atoms with Gasteiger partial charge in [-0.1, -0.05) is 19.9 Å². The molecule has 0 bridgehead atoms. The number of azo groups is 1. The molecule has 1 aromatic carbocycles. The van der Waals surface area contributed by atoms with Crippen LogP contribution in [0.1, 0.15) is 38.2 Å². The highest BCUT2D eigenvalue weighted by molar-refractivity contribution is 6.35. The van der Waals surface area contributed by atoms with Crippen LogP contribution in [0, 0.1) is 0 Å². The van der Waals surface area contributed by atoms with Crippen LogP contribution in [0.3, 0.4) is 0 Å². The number of benzene rings is 1. The fourth-order valence-corrected chi connectivity index (χ4v) is 2.26. The number of aromatic amines is 1. The molecule has 7 nitrogen and oxygen atoms in total. The van der Waals surface area contributed by atoms with E-state index < -0.39 is 11.8 Å². The van der Waals surface area contributed by atoms with Crippen LogP contribution in [-0.4, -0.2) is 27.9 Å². The van der Waals surface area contributed by atoms with E-state index >= 15 is 0 Å². The minimum Gasteiger partial charge on any atom is -0.493 e. The molecule has 0 aliphatic heterocycles. The van der Waals surface area contributed by atoms with E-state index in [0.717, 1.165) is 18.4 Å². The molecule has 120 valence electrons. The molecule has 1 heterocycles. The third-order valence-corrected chi connectivity index (χ3v) is 3.79. The van der Waals surface area contributed by atoms with E-state index in [1.807, 2.05) is 18.2 Å². The molecule has 1 aromatic heterocycles. The van der Waals surface area contributed by atoms with Gasteiger partial charge in [0.05, 0.1) is 5.52 Å². The quantitative estimate of drug-likeness (QED) is 0.599. The van der Waals surface area contributed by atoms with Crippen LogP contribution >= 0.6 is 0 Å². The Balaban J connectivity index is 1.87. The molecule has 2 amide bonds. The fourth-order valence-electron chi connectivity index (χ4n) is 2.26. The van der Waals surface area contributed by atoms with Crippen molar-refractivity contribution in [2.75, 3.05) is 0 Å². The molecule has 3 rings (SSSR count). The molecule has 23 heavy (non-hydrogen) atoms. The molecule has 1 fully saturated rings. The first-order valence-electron chi connectivity index (χ1n) is 7.57. The Morgan fingerprint density at radius 2 is 2.09 bits per heavy atom. The molecular weight excluding hydrogens is 296 g/mol. The Labute approximate surface area is 132 Å². The summed E-state index contributed by atoms with van der Waals surface area (Å²) in [5, 5.41) is 20.4. The molecule has 7 heteroatoms. The van der Waals surface area contributed by atoms with Gasteiger partial charge < -0.3 is 15.4 Å². The molecule has 2 aromatic rings. The van der Waals surface area contributed by atoms with E-state index in [0.29, 0.717) is 16.8 Å². The van der Waals surface area contributed by atoms with Gasteiger partial charge in [-0.25, -0.2) is 0 Å². The Morgan fingerprint density at radius 3 is 2.74 bits per heavy atom. The molecule has 1 aliphatic carbocycles. The number of amides is 2. The van der Waals surface area contributed by atoms with Crippen molar-refractivity contribution in [1.29, 1.82) is 0 Å². The van der Waals surface area contributed by atoms with E-state index in [2.05, 4.69) is 34.4 Å². The molecule has 1 aliphatic rings. The summed E-state index contributed by atoms with van der Waals surface area (Å²) in [6, 6.07) is 5.76. The van der Waals surface area contributed by atoms with Gasteiger partial charge in [-0.05, 0) is 36.5 Å². The molecule has 0 radical (unpaired) electrons. The van der Waals surface area contributed by atoms with Crippen molar-refractivity contribution >= 4 is 28.4 Å². The van der Waals surface area contributed by atoms with Gasteiger partial charge in [-0.15, -0.1) is 10.2 Å². The van der Waals surface area contributed by atoms with E-state index in [4.69, 9.17) is 0 Å². The average molecular weight is 314 g/mol. The average Bonchev–Trinajstić information content (AvgIpc) is 3.26. The van der Waals surface area contributed by atoms with Gasteiger partial charge in [-0.3, -0.25) is 9.59 Å². The number of aromatic hydroxyl groups is 1. The van der Waals surface area contributed by atoms with Gasteiger partial charge in [-0.2, -0.15) is 0 Å². The normalized spacial score (nSPS) is 14.7. The Bertz CT molecular complexity index is 803. The summed E-state index contributed by atoms with van der Waals surface area (Å²) < 4.78 is 0. The number of hydrogen-bond acceptors (Lipinski definition) is 4. The highest BCUT2D eigenvalue weighted by atomic mass is 16.3. The van der Waals surface area contributed by atoms with Gasteiger partial charge in [0.15, 0.2) is 5.69 Å². The predicted molar refractivity (Wildman–Crippen MR) is 84.7 cm³/mol. The second-order valence-electron chi connectivity index (χ2n) is 6.03. The van der Waals surface area contributed by atoms with Crippen LogP contribution < -0.4 is 5.32 Å². The number of rotatable bonds is 3. The Morgan fingerprint density at radius 1 is 1.35 bits per heavy atom. The standard InChI is InChI=1S/C16H18N4O3/c1-8(2)9-3-6-12-11(7-9)13(14(21)18-12)19-20-16(23)15(22)17-10-4-5-10/h3,6-8,10,18,21H,4-5H2,1-2H3,(H,17,22). The predicted octanol–water partition coefficient (Wildman–Crippen LogP) is 2.89. The lowest BCUT2D eigenvalue weighted by atomic mass is 10.0. The highest BCUT2D eigenvalue weighted by Crippen LogP contribution is 2.36. The highest BCUT2D eigenvalue weighted by Gasteiger charge is 2.26. The first kappa shape index (κ1) is 15.2. The number of aromatic nitrogens is 1. The zero-order valence-electron chi connectivity index (χ0n) is 13.0. The number of H-pyrrole nitrogens is 1.